The number of hydrogen-bond acceptors (Lipinski definition) is 6. The van der Waals surface area contributed by atoms with Gasteiger partial charge in [-0.1, -0.05) is 87.7 Å². The standard InChI is InChI=1S/C31H23BrCl2N2O5/c1-39-25-15-21(22(32)16-26(25)40-17-18-8-4-2-5-9-18)28-27-29(41-36(28)19-10-6-3-7-11-19)31(38)35(30(27)37)20-12-13-23(33)24(34)14-20/h2-16,27-29H,17H2,1H3/t27-,28-,29+/m1/s1. The number of methoxy groups -OCH3 is 1. The van der Waals surface area contributed by atoms with Gasteiger partial charge in [0.1, 0.15) is 12.5 Å². The number of hydroxylamine groups is 1. The number of hydrogen-bond donors (Lipinski definition) is 0. The summed E-state index contributed by atoms with van der Waals surface area (Å²) in [6.07, 6.45) is -1.05. The molecule has 0 spiro atoms. The normalized spacial score (nSPS) is 20.0. The molecule has 3 atom stereocenters. The topological polar surface area (TPSA) is 68.3 Å². The van der Waals surface area contributed by atoms with Crippen molar-refractivity contribution < 1.29 is 23.9 Å². The second-order valence-electron chi connectivity index (χ2n) is 9.57. The summed E-state index contributed by atoms with van der Waals surface area (Å²) in [4.78, 5) is 35.0. The van der Waals surface area contributed by atoms with Gasteiger partial charge in [-0.2, -0.15) is 0 Å². The number of carbonyl (C=O) groups is 2. The summed E-state index contributed by atoms with van der Waals surface area (Å²) < 4.78 is 12.5. The van der Waals surface area contributed by atoms with E-state index >= 15 is 0 Å². The average Bonchev–Trinajstić information content (AvgIpc) is 3.50. The summed E-state index contributed by atoms with van der Waals surface area (Å²) in [7, 11) is 1.56. The highest BCUT2D eigenvalue weighted by atomic mass is 79.9. The van der Waals surface area contributed by atoms with Crippen molar-refractivity contribution in [1.29, 1.82) is 0 Å². The van der Waals surface area contributed by atoms with Crippen molar-refractivity contribution in [3.8, 4) is 11.5 Å². The Balaban J connectivity index is 1.40. The number of nitrogens with zero attached hydrogens (tertiary/aromatic N) is 2. The summed E-state index contributed by atoms with van der Waals surface area (Å²) in [5.74, 6) is -0.729. The van der Waals surface area contributed by atoms with Crippen LogP contribution < -0.4 is 19.4 Å². The molecule has 0 saturated carbocycles. The van der Waals surface area contributed by atoms with Crippen LogP contribution >= 0.6 is 39.1 Å². The minimum absolute atomic E-state index is 0.240. The monoisotopic (exact) mass is 652 g/mol. The molecule has 10 heteroatoms. The fraction of sp³-hybridized carbons (Fsp3) is 0.161. The van der Waals surface area contributed by atoms with Crippen molar-refractivity contribution in [2.75, 3.05) is 17.1 Å². The maximum atomic E-state index is 14.0. The fourth-order valence-corrected chi connectivity index (χ4v) is 6.04. The first-order valence-corrected chi connectivity index (χ1v) is 14.3. The van der Waals surface area contributed by atoms with Gasteiger partial charge >= 0.3 is 0 Å². The molecule has 2 aliphatic rings. The number of benzene rings is 4. The first-order chi connectivity index (χ1) is 19.9. The van der Waals surface area contributed by atoms with E-state index in [2.05, 4.69) is 15.9 Å². The SMILES string of the molecule is COc1cc([C@@H]2[C@H]3C(=O)N(c4ccc(Cl)c(Cl)c4)C(=O)[C@H]3ON2c2ccccc2)c(Br)cc1OCc1ccccc1. The van der Waals surface area contributed by atoms with E-state index < -0.39 is 29.9 Å². The van der Waals surface area contributed by atoms with Gasteiger partial charge in [-0.25, -0.2) is 9.96 Å². The van der Waals surface area contributed by atoms with E-state index in [-0.39, 0.29) is 5.02 Å². The van der Waals surface area contributed by atoms with E-state index in [1.54, 1.807) is 24.3 Å². The third-order valence-corrected chi connectivity index (χ3v) is 8.55. The number of rotatable bonds is 7. The molecule has 2 amide bonds. The molecule has 0 N–H and O–H groups in total. The molecule has 4 aromatic carbocycles. The molecule has 0 unspecified atom stereocenters. The molecule has 4 aromatic rings. The molecule has 7 nitrogen and oxygen atoms in total. The quantitative estimate of drug-likeness (QED) is 0.194. The van der Waals surface area contributed by atoms with Gasteiger partial charge in [-0.15, -0.1) is 0 Å². The van der Waals surface area contributed by atoms with Gasteiger partial charge in [0.25, 0.3) is 5.91 Å². The van der Waals surface area contributed by atoms with Crippen molar-refractivity contribution >= 4 is 62.3 Å². The van der Waals surface area contributed by atoms with Crippen LogP contribution in [0.25, 0.3) is 0 Å². The van der Waals surface area contributed by atoms with Crippen LogP contribution in [0.3, 0.4) is 0 Å². The number of carbonyl (C=O) groups excluding carboxylic acids is 2. The number of imide groups is 1. The summed E-state index contributed by atoms with van der Waals surface area (Å²) in [6, 6.07) is 26.8. The number of anilines is 2. The zero-order valence-electron chi connectivity index (χ0n) is 21.7. The fourth-order valence-electron chi connectivity index (χ4n) is 5.19. The predicted octanol–water partition coefficient (Wildman–Crippen LogP) is 7.39. The molecular formula is C31H23BrCl2N2O5. The lowest BCUT2D eigenvalue weighted by atomic mass is 9.90. The van der Waals surface area contributed by atoms with E-state index in [1.807, 2.05) is 72.8 Å². The summed E-state index contributed by atoms with van der Waals surface area (Å²) >= 11 is 16.0. The first kappa shape index (κ1) is 27.6. The second-order valence-corrected chi connectivity index (χ2v) is 11.2. The lowest BCUT2D eigenvalue weighted by Crippen LogP contribution is -2.37. The van der Waals surface area contributed by atoms with Crippen molar-refractivity contribution in [3.63, 3.8) is 0 Å². The highest BCUT2D eigenvalue weighted by molar-refractivity contribution is 9.10. The van der Waals surface area contributed by atoms with E-state index in [0.717, 1.165) is 10.5 Å². The van der Waals surface area contributed by atoms with Crippen LogP contribution in [0.15, 0.2) is 95.5 Å². The van der Waals surface area contributed by atoms with Gasteiger partial charge in [0, 0.05) is 4.47 Å². The van der Waals surface area contributed by atoms with Crippen LogP contribution in [-0.2, 0) is 21.0 Å². The van der Waals surface area contributed by atoms with Gasteiger partial charge in [0.15, 0.2) is 17.6 Å². The minimum Gasteiger partial charge on any atom is -0.493 e. The number of amides is 2. The second kappa shape index (κ2) is 11.4. The largest absolute Gasteiger partial charge is 0.493 e. The maximum Gasteiger partial charge on any atom is 0.266 e. The lowest BCUT2D eigenvalue weighted by molar-refractivity contribution is -0.126. The van der Waals surface area contributed by atoms with Crippen molar-refractivity contribution in [3.05, 3.63) is 117 Å². The van der Waals surface area contributed by atoms with Crippen LogP contribution in [0.4, 0.5) is 11.4 Å². The van der Waals surface area contributed by atoms with Crippen LogP contribution in [0, 0.1) is 5.92 Å². The Morgan fingerprint density at radius 3 is 2.22 bits per heavy atom. The van der Waals surface area contributed by atoms with Crippen LogP contribution in [0.5, 0.6) is 11.5 Å². The number of ether oxygens (including phenoxy) is 2. The first-order valence-electron chi connectivity index (χ1n) is 12.8. The molecule has 208 valence electrons. The molecule has 6 rings (SSSR count). The molecule has 41 heavy (non-hydrogen) atoms. The Bertz CT molecular complexity index is 1620. The lowest BCUT2D eigenvalue weighted by Gasteiger charge is -2.30. The van der Waals surface area contributed by atoms with Crippen molar-refractivity contribution in [2.45, 2.75) is 18.8 Å². The molecule has 2 saturated heterocycles. The Morgan fingerprint density at radius 2 is 1.54 bits per heavy atom. The third kappa shape index (κ3) is 5.06. The number of para-hydroxylation sites is 1. The Morgan fingerprint density at radius 1 is 0.829 bits per heavy atom. The zero-order chi connectivity index (χ0) is 28.7. The van der Waals surface area contributed by atoms with E-state index in [4.69, 9.17) is 37.5 Å². The van der Waals surface area contributed by atoms with Crippen molar-refractivity contribution in [1.82, 2.24) is 0 Å². The van der Waals surface area contributed by atoms with E-state index in [9.17, 15) is 9.59 Å². The molecule has 0 aliphatic carbocycles. The smallest absolute Gasteiger partial charge is 0.266 e. The molecule has 2 aliphatic heterocycles. The Labute approximate surface area is 255 Å². The molecule has 0 bridgehead atoms. The molecule has 0 aromatic heterocycles. The van der Waals surface area contributed by atoms with E-state index in [1.165, 1.54) is 6.07 Å². The van der Waals surface area contributed by atoms with Crippen LogP contribution in [0.1, 0.15) is 17.2 Å². The van der Waals surface area contributed by atoms with Crippen LogP contribution in [0.2, 0.25) is 10.0 Å². The minimum atomic E-state index is -1.05. The van der Waals surface area contributed by atoms with Crippen molar-refractivity contribution in [2.24, 2.45) is 5.92 Å². The summed E-state index contributed by atoms with van der Waals surface area (Å²) in [5, 5.41) is 2.19. The molecule has 0 radical (unpaired) electrons. The van der Waals surface area contributed by atoms with Gasteiger partial charge < -0.3 is 9.47 Å². The maximum absolute atomic E-state index is 14.0. The average molecular weight is 654 g/mol. The molecule has 2 heterocycles. The highest BCUT2D eigenvalue weighted by Crippen LogP contribution is 2.51. The molecular weight excluding hydrogens is 631 g/mol. The Kier molecular flexibility index (Phi) is 7.66. The highest BCUT2D eigenvalue weighted by Gasteiger charge is 2.60. The van der Waals surface area contributed by atoms with Gasteiger partial charge in [0.05, 0.1) is 34.6 Å². The van der Waals surface area contributed by atoms with Gasteiger partial charge in [-0.3, -0.25) is 14.4 Å². The third-order valence-electron chi connectivity index (χ3n) is 7.13. The van der Waals surface area contributed by atoms with E-state index in [0.29, 0.717) is 44.5 Å². The zero-order valence-corrected chi connectivity index (χ0v) is 24.8. The number of halogens is 3. The predicted molar refractivity (Wildman–Crippen MR) is 160 cm³/mol. The van der Waals surface area contributed by atoms with Crippen LogP contribution in [-0.4, -0.2) is 25.0 Å². The summed E-state index contributed by atoms with van der Waals surface area (Å²) in [5.41, 5.74) is 2.74. The molecule has 2 fully saturated rings. The van der Waals surface area contributed by atoms with Gasteiger partial charge in [0.2, 0.25) is 5.91 Å². The Hall–Kier alpha value is -3.56. The van der Waals surface area contributed by atoms with Gasteiger partial charge in [-0.05, 0) is 53.6 Å². The summed E-state index contributed by atoms with van der Waals surface area (Å²) in [6.45, 7) is 0.349. The number of fused-ring (bicyclic) bond motifs is 1.